The molecule has 1 heterocycles. The van der Waals surface area contributed by atoms with Crippen LogP contribution >= 0.6 is 11.8 Å². The lowest BCUT2D eigenvalue weighted by Gasteiger charge is -2.05. The summed E-state index contributed by atoms with van der Waals surface area (Å²) in [4.78, 5) is 23.2. The van der Waals surface area contributed by atoms with E-state index in [9.17, 15) is 9.59 Å². The van der Waals surface area contributed by atoms with Crippen molar-refractivity contribution in [2.45, 2.75) is 18.6 Å². The topological polar surface area (TPSA) is 85.1 Å². The van der Waals surface area contributed by atoms with Crippen molar-refractivity contribution in [1.29, 1.82) is 0 Å². The molecule has 0 fully saturated rings. The van der Waals surface area contributed by atoms with Crippen LogP contribution in [-0.4, -0.2) is 27.6 Å². The molecule has 1 aromatic heterocycles. The summed E-state index contributed by atoms with van der Waals surface area (Å²) in [6.07, 6.45) is 0.308. The molecule has 0 saturated heterocycles. The van der Waals surface area contributed by atoms with Gasteiger partial charge in [-0.2, -0.15) is 0 Å². The van der Waals surface area contributed by atoms with Gasteiger partial charge in [0.15, 0.2) is 5.78 Å². The SMILES string of the molecule is CC(=O)c1ccc(NC(=O)CCSc2nnc(-c3ccccc3)o2)cc1. The molecule has 0 aliphatic heterocycles. The van der Waals surface area contributed by atoms with Gasteiger partial charge in [-0.05, 0) is 43.3 Å². The Hall–Kier alpha value is -2.93. The first-order valence-corrected chi connectivity index (χ1v) is 9.03. The first-order chi connectivity index (χ1) is 12.6. The second-order valence-corrected chi connectivity index (χ2v) is 6.57. The molecule has 3 rings (SSSR count). The number of anilines is 1. The molecular weight excluding hydrogens is 350 g/mol. The molecule has 0 saturated carbocycles. The fourth-order valence-corrected chi connectivity index (χ4v) is 2.91. The Bertz CT molecular complexity index is 892. The van der Waals surface area contributed by atoms with Crippen molar-refractivity contribution in [3.05, 3.63) is 60.2 Å². The number of benzene rings is 2. The highest BCUT2D eigenvalue weighted by Gasteiger charge is 2.10. The highest BCUT2D eigenvalue weighted by Crippen LogP contribution is 2.23. The van der Waals surface area contributed by atoms with E-state index in [2.05, 4.69) is 15.5 Å². The van der Waals surface area contributed by atoms with Gasteiger partial charge in [-0.3, -0.25) is 9.59 Å². The number of nitrogens with zero attached hydrogens (tertiary/aromatic N) is 2. The number of aromatic nitrogens is 2. The van der Waals surface area contributed by atoms with E-state index >= 15 is 0 Å². The van der Waals surface area contributed by atoms with Gasteiger partial charge in [0.2, 0.25) is 11.8 Å². The van der Waals surface area contributed by atoms with Crippen LogP contribution in [0.1, 0.15) is 23.7 Å². The normalized spacial score (nSPS) is 10.5. The number of rotatable bonds is 7. The number of nitrogens with one attached hydrogen (secondary N) is 1. The highest BCUT2D eigenvalue weighted by molar-refractivity contribution is 7.99. The number of thioether (sulfide) groups is 1. The summed E-state index contributed by atoms with van der Waals surface area (Å²) in [5, 5.41) is 11.2. The monoisotopic (exact) mass is 367 g/mol. The zero-order chi connectivity index (χ0) is 18.4. The van der Waals surface area contributed by atoms with Crippen molar-refractivity contribution in [1.82, 2.24) is 10.2 Å². The largest absolute Gasteiger partial charge is 0.411 e. The van der Waals surface area contributed by atoms with Crippen LogP contribution in [0.5, 0.6) is 0 Å². The lowest BCUT2D eigenvalue weighted by atomic mass is 10.1. The molecule has 0 atom stereocenters. The van der Waals surface area contributed by atoms with E-state index in [1.807, 2.05) is 30.3 Å². The van der Waals surface area contributed by atoms with Crippen LogP contribution in [0.4, 0.5) is 5.69 Å². The van der Waals surface area contributed by atoms with Crippen LogP contribution < -0.4 is 5.32 Å². The third kappa shape index (κ3) is 4.80. The number of amides is 1. The van der Waals surface area contributed by atoms with Gasteiger partial charge in [-0.15, -0.1) is 10.2 Å². The van der Waals surface area contributed by atoms with E-state index in [1.54, 1.807) is 24.3 Å². The molecular formula is C19H17N3O3S. The molecule has 6 nitrogen and oxygen atoms in total. The molecule has 0 unspecified atom stereocenters. The summed E-state index contributed by atoms with van der Waals surface area (Å²) >= 11 is 1.34. The van der Waals surface area contributed by atoms with Gasteiger partial charge in [0, 0.05) is 29.0 Å². The Kier molecular flexibility index (Phi) is 5.80. The Morgan fingerprint density at radius 2 is 1.77 bits per heavy atom. The van der Waals surface area contributed by atoms with Gasteiger partial charge >= 0.3 is 0 Å². The van der Waals surface area contributed by atoms with Crippen molar-refractivity contribution in [2.24, 2.45) is 0 Å². The molecule has 0 bridgehead atoms. The van der Waals surface area contributed by atoms with Crippen LogP contribution in [0.15, 0.2) is 64.2 Å². The minimum Gasteiger partial charge on any atom is -0.411 e. The zero-order valence-electron chi connectivity index (χ0n) is 14.1. The first-order valence-electron chi connectivity index (χ1n) is 8.04. The predicted molar refractivity (Wildman–Crippen MR) is 100 cm³/mol. The summed E-state index contributed by atoms with van der Waals surface area (Å²) in [5.74, 6) is 0.862. The van der Waals surface area contributed by atoms with E-state index in [1.165, 1.54) is 18.7 Å². The van der Waals surface area contributed by atoms with Crippen LogP contribution in [0.25, 0.3) is 11.5 Å². The third-order valence-electron chi connectivity index (χ3n) is 3.56. The van der Waals surface area contributed by atoms with E-state index in [4.69, 9.17) is 4.42 Å². The van der Waals surface area contributed by atoms with Crippen LogP contribution in [0.2, 0.25) is 0 Å². The average molecular weight is 367 g/mol. The van der Waals surface area contributed by atoms with Gasteiger partial charge in [-0.1, -0.05) is 30.0 Å². The molecule has 0 aliphatic carbocycles. The van der Waals surface area contributed by atoms with Gasteiger partial charge < -0.3 is 9.73 Å². The molecule has 0 aliphatic rings. The molecule has 3 aromatic rings. The minimum atomic E-state index is -0.115. The van der Waals surface area contributed by atoms with Gasteiger partial charge in [-0.25, -0.2) is 0 Å². The molecule has 26 heavy (non-hydrogen) atoms. The number of carbonyl (C=O) groups excluding carboxylic acids is 2. The van der Waals surface area contributed by atoms with Crippen molar-refractivity contribution in [3.8, 4) is 11.5 Å². The standard InChI is InChI=1S/C19H17N3O3S/c1-13(23)14-7-9-16(10-8-14)20-17(24)11-12-26-19-22-21-18(25-19)15-5-3-2-4-6-15/h2-10H,11-12H2,1H3,(H,20,24). The smallest absolute Gasteiger partial charge is 0.276 e. The molecule has 0 spiro atoms. The van der Waals surface area contributed by atoms with Gasteiger partial charge in [0.1, 0.15) is 0 Å². The molecule has 1 N–H and O–H groups in total. The van der Waals surface area contributed by atoms with Crippen molar-refractivity contribution in [2.75, 3.05) is 11.1 Å². The summed E-state index contributed by atoms with van der Waals surface area (Å²) in [6.45, 7) is 1.51. The second-order valence-electron chi connectivity index (χ2n) is 5.52. The minimum absolute atomic E-state index is 0.00583. The number of hydrogen-bond donors (Lipinski definition) is 1. The number of ketones is 1. The first kappa shape index (κ1) is 17.9. The van der Waals surface area contributed by atoms with E-state index < -0.39 is 0 Å². The second kappa shape index (κ2) is 8.44. The maximum Gasteiger partial charge on any atom is 0.276 e. The molecule has 0 radical (unpaired) electrons. The lowest BCUT2D eigenvalue weighted by Crippen LogP contribution is -2.12. The van der Waals surface area contributed by atoms with Crippen LogP contribution in [-0.2, 0) is 4.79 Å². The zero-order valence-corrected chi connectivity index (χ0v) is 15.0. The molecule has 2 aromatic carbocycles. The van der Waals surface area contributed by atoms with Gasteiger partial charge in [0.25, 0.3) is 5.22 Å². The molecule has 1 amide bonds. The fraction of sp³-hybridized carbons (Fsp3) is 0.158. The fourth-order valence-electron chi connectivity index (χ4n) is 2.21. The van der Waals surface area contributed by atoms with E-state index in [-0.39, 0.29) is 11.7 Å². The van der Waals surface area contributed by atoms with Crippen molar-refractivity contribution in [3.63, 3.8) is 0 Å². The Balaban J connectivity index is 1.46. The van der Waals surface area contributed by atoms with Crippen molar-refractivity contribution < 1.29 is 14.0 Å². The maximum atomic E-state index is 12.0. The number of hydrogen-bond acceptors (Lipinski definition) is 6. The Morgan fingerprint density at radius 1 is 1.04 bits per heavy atom. The predicted octanol–water partition coefficient (Wildman–Crippen LogP) is 4.06. The maximum absolute atomic E-state index is 12.0. The lowest BCUT2D eigenvalue weighted by molar-refractivity contribution is -0.115. The van der Waals surface area contributed by atoms with Crippen LogP contribution in [0.3, 0.4) is 0 Å². The number of Topliss-reactive ketones (excluding diaryl/α,β-unsaturated/α-hetero) is 1. The Labute approximate surface area is 155 Å². The summed E-state index contributed by atoms with van der Waals surface area (Å²) in [7, 11) is 0. The van der Waals surface area contributed by atoms with Crippen LogP contribution in [0, 0.1) is 0 Å². The Morgan fingerprint density at radius 3 is 2.46 bits per heavy atom. The van der Waals surface area contributed by atoms with Crippen molar-refractivity contribution >= 4 is 29.1 Å². The molecule has 7 heteroatoms. The number of carbonyl (C=O) groups is 2. The summed E-state index contributed by atoms with van der Waals surface area (Å²) in [6, 6.07) is 16.3. The summed E-state index contributed by atoms with van der Waals surface area (Å²) < 4.78 is 5.58. The van der Waals surface area contributed by atoms with E-state index in [0.29, 0.717) is 34.5 Å². The van der Waals surface area contributed by atoms with Gasteiger partial charge in [0.05, 0.1) is 0 Å². The highest BCUT2D eigenvalue weighted by atomic mass is 32.2. The average Bonchev–Trinajstić information content (AvgIpc) is 3.12. The van der Waals surface area contributed by atoms with E-state index in [0.717, 1.165) is 5.56 Å². The quantitative estimate of drug-likeness (QED) is 0.501. The molecule has 132 valence electrons. The summed E-state index contributed by atoms with van der Waals surface area (Å²) in [5.41, 5.74) is 2.14. The third-order valence-corrected chi connectivity index (χ3v) is 4.38.